The number of amides is 1. The van der Waals surface area contributed by atoms with Crippen LogP contribution in [0.5, 0.6) is 0 Å². The first-order valence-corrected chi connectivity index (χ1v) is 5.72. The molecule has 0 saturated carbocycles. The van der Waals surface area contributed by atoms with E-state index in [2.05, 4.69) is 17.6 Å². The van der Waals surface area contributed by atoms with Gasteiger partial charge >= 0.3 is 0 Å². The summed E-state index contributed by atoms with van der Waals surface area (Å²) in [7, 11) is 0. The molecule has 0 aromatic heterocycles. The Balaban J connectivity index is 2.13. The fraction of sp³-hybridized carbons (Fsp3) is 0.909. The molecule has 2 unspecified atom stereocenters. The van der Waals surface area contributed by atoms with Gasteiger partial charge in [0, 0.05) is 12.5 Å². The summed E-state index contributed by atoms with van der Waals surface area (Å²) in [5.41, 5.74) is 0. The smallest absolute Gasteiger partial charge is 0.222 e. The van der Waals surface area contributed by atoms with Crippen molar-refractivity contribution in [3.63, 3.8) is 0 Å². The molecule has 82 valence electrons. The molecule has 0 aromatic carbocycles. The third kappa shape index (κ3) is 3.66. The minimum atomic E-state index is 0.175. The minimum Gasteiger partial charge on any atom is -0.356 e. The van der Waals surface area contributed by atoms with Crippen LogP contribution in [0.25, 0.3) is 0 Å². The van der Waals surface area contributed by atoms with Crippen LogP contribution in [-0.4, -0.2) is 25.5 Å². The maximum atomic E-state index is 11.6. The Kier molecular flexibility index (Phi) is 4.94. The molecule has 3 heteroatoms. The van der Waals surface area contributed by atoms with E-state index in [0.29, 0.717) is 5.92 Å². The summed E-state index contributed by atoms with van der Waals surface area (Å²) in [6.07, 6.45) is 3.27. The third-order valence-electron chi connectivity index (χ3n) is 2.90. The highest BCUT2D eigenvalue weighted by Gasteiger charge is 2.17. The summed E-state index contributed by atoms with van der Waals surface area (Å²) in [6.45, 7) is 7.13. The standard InChI is InChI=1S/C11H22N2O/c1-3-4-9(2)11(14)13-8-10-5-6-12-7-10/h9-10,12H,3-8H2,1-2H3,(H,13,14). The van der Waals surface area contributed by atoms with Crippen molar-refractivity contribution in [2.75, 3.05) is 19.6 Å². The number of carbonyl (C=O) groups is 1. The summed E-state index contributed by atoms with van der Waals surface area (Å²) in [4.78, 5) is 11.6. The van der Waals surface area contributed by atoms with Crippen molar-refractivity contribution < 1.29 is 4.79 Å². The molecule has 1 fully saturated rings. The lowest BCUT2D eigenvalue weighted by atomic mass is 10.0. The predicted octanol–water partition coefficient (Wildman–Crippen LogP) is 1.15. The number of hydrogen-bond donors (Lipinski definition) is 2. The van der Waals surface area contributed by atoms with Gasteiger partial charge in [0.2, 0.25) is 5.91 Å². The molecule has 2 N–H and O–H groups in total. The monoisotopic (exact) mass is 198 g/mol. The van der Waals surface area contributed by atoms with Crippen LogP contribution in [0.3, 0.4) is 0 Å². The lowest BCUT2D eigenvalue weighted by Crippen LogP contribution is -2.33. The van der Waals surface area contributed by atoms with Gasteiger partial charge in [0.15, 0.2) is 0 Å². The Morgan fingerprint density at radius 1 is 1.64 bits per heavy atom. The van der Waals surface area contributed by atoms with E-state index in [1.165, 1.54) is 6.42 Å². The molecule has 0 radical (unpaired) electrons. The summed E-state index contributed by atoms with van der Waals surface area (Å²) in [5, 5.41) is 6.33. The molecule has 1 amide bonds. The molecule has 0 aliphatic carbocycles. The molecule has 1 heterocycles. The average Bonchev–Trinajstić information content (AvgIpc) is 2.67. The molecule has 14 heavy (non-hydrogen) atoms. The fourth-order valence-electron chi connectivity index (χ4n) is 1.87. The van der Waals surface area contributed by atoms with Gasteiger partial charge in [-0.25, -0.2) is 0 Å². The summed E-state index contributed by atoms with van der Waals surface area (Å²) >= 11 is 0. The van der Waals surface area contributed by atoms with Gasteiger partial charge in [-0.2, -0.15) is 0 Å². The van der Waals surface area contributed by atoms with E-state index in [4.69, 9.17) is 0 Å². The highest BCUT2D eigenvalue weighted by Crippen LogP contribution is 2.08. The number of nitrogens with one attached hydrogen (secondary N) is 2. The Hall–Kier alpha value is -0.570. The van der Waals surface area contributed by atoms with Crippen LogP contribution in [0.2, 0.25) is 0 Å². The van der Waals surface area contributed by atoms with E-state index in [1.54, 1.807) is 0 Å². The van der Waals surface area contributed by atoms with E-state index in [9.17, 15) is 4.79 Å². The Bertz CT molecular complexity index is 176. The van der Waals surface area contributed by atoms with Gasteiger partial charge in [-0.15, -0.1) is 0 Å². The lowest BCUT2D eigenvalue weighted by molar-refractivity contribution is -0.124. The fourth-order valence-corrected chi connectivity index (χ4v) is 1.87. The van der Waals surface area contributed by atoms with Crippen LogP contribution in [0.4, 0.5) is 0 Å². The van der Waals surface area contributed by atoms with Crippen molar-refractivity contribution in [3.8, 4) is 0 Å². The Morgan fingerprint density at radius 3 is 3.00 bits per heavy atom. The van der Waals surface area contributed by atoms with Crippen molar-refractivity contribution in [1.82, 2.24) is 10.6 Å². The van der Waals surface area contributed by atoms with Crippen LogP contribution in [0, 0.1) is 11.8 Å². The quantitative estimate of drug-likeness (QED) is 0.696. The topological polar surface area (TPSA) is 41.1 Å². The molecule has 1 rings (SSSR count). The van der Waals surface area contributed by atoms with E-state index in [-0.39, 0.29) is 11.8 Å². The Labute approximate surface area is 86.6 Å². The molecule has 2 atom stereocenters. The summed E-state index contributed by atoms with van der Waals surface area (Å²) < 4.78 is 0. The second kappa shape index (κ2) is 6.02. The molecule has 1 saturated heterocycles. The van der Waals surface area contributed by atoms with E-state index in [0.717, 1.165) is 32.5 Å². The van der Waals surface area contributed by atoms with E-state index in [1.807, 2.05) is 6.92 Å². The van der Waals surface area contributed by atoms with Crippen LogP contribution in [0.15, 0.2) is 0 Å². The molecular weight excluding hydrogens is 176 g/mol. The highest BCUT2D eigenvalue weighted by atomic mass is 16.1. The van der Waals surface area contributed by atoms with Gasteiger partial charge in [-0.1, -0.05) is 20.3 Å². The average molecular weight is 198 g/mol. The molecule has 1 aliphatic rings. The SMILES string of the molecule is CCCC(C)C(=O)NCC1CCNC1. The molecule has 3 nitrogen and oxygen atoms in total. The van der Waals surface area contributed by atoms with Crippen LogP contribution in [-0.2, 0) is 4.79 Å². The zero-order valence-electron chi connectivity index (χ0n) is 9.31. The first-order valence-electron chi connectivity index (χ1n) is 5.72. The second-order valence-corrected chi connectivity index (χ2v) is 4.29. The van der Waals surface area contributed by atoms with Gasteiger partial charge in [-0.3, -0.25) is 4.79 Å². The largest absolute Gasteiger partial charge is 0.356 e. The van der Waals surface area contributed by atoms with Gasteiger partial charge < -0.3 is 10.6 Å². The molecule has 0 spiro atoms. The summed E-state index contributed by atoms with van der Waals surface area (Å²) in [5.74, 6) is 1.04. The third-order valence-corrected chi connectivity index (χ3v) is 2.90. The molecule has 0 aromatic rings. The van der Waals surface area contributed by atoms with Crippen molar-refractivity contribution in [1.29, 1.82) is 0 Å². The van der Waals surface area contributed by atoms with Gasteiger partial charge in [-0.05, 0) is 31.8 Å². The van der Waals surface area contributed by atoms with Crippen molar-refractivity contribution in [3.05, 3.63) is 0 Å². The summed E-state index contributed by atoms with van der Waals surface area (Å²) in [6, 6.07) is 0. The second-order valence-electron chi connectivity index (χ2n) is 4.29. The maximum Gasteiger partial charge on any atom is 0.222 e. The van der Waals surface area contributed by atoms with Crippen molar-refractivity contribution >= 4 is 5.91 Å². The van der Waals surface area contributed by atoms with Crippen LogP contribution < -0.4 is 10.6 Å². The molecule has 1 aliphatic heterocycles. The normalized spacial score (nSPS) is 23.4. The maximum absolute atomic E-state index is 11.6. The number of hydrogen-bond acceptors (Lipinski definition) is 2. The number of carbonyl (C=O) groups excluding carboxylic acids is 1. The Morgan fingerprint density at radius 2 is 2.43 bits per heavy atom. The van der Waals surface area contributed by atoms with Gasteiger partial charge in [0.05, 0.1) is 0 Å². The predicted molar refractivity (Wildman–Crippen MR) is 58.1 cm³/mol. The minimum absolute atomic E-state index is 0.175. The zero-order chi connectivity index (χ0) is 10.4. The van der Waals surface area contributed by atoms with E-state index >= 15 is 0 Å². The van der Waals surface area contributed by atoms with Crippen molar-refractivity contribution in [2.24, 2.45) is 11.8 Å². The van der Waals surface area contributed by atoms with Crippen LogP contribution in [0.1, 0.15) is 33.1 Å². The number of rotatable bonds is 5. The van der Waals surface area contributed by atoms with Crippen LogP contribution >= 0.6 is 0 Å². The van der Waals surface area contributed by atoms with Crippen molar-refractivity contribution in [2.45, 2.75) is 33.1 Å². The van der Waals surface area contributed by atoms with E-state index < -0.39 is 0 Å². The zero-order valence-corrected chi connectivity index (χ0v) is 9.31. The lowest BCUT2D eigenvalue weighted by Gasteiger charge is -2.13. The van der Waals surface area contributed by atoms with Gasteiger partial charge in [0.25, 0.3) is 0 Å². The highest BCUT2D eigenvalue weighted by molar-refractivity contribution is 5.78. The van der Waals surface area contributed by atoms with Gasteiger partial charge in [0.1, 0.15) is 0 Å². The first kappa shape index (κ1) is 11.5. The molecule has 0 bridgehead atoms. The first-order chi connectivity index (χ1) is 6.74. The molecular formula is C11H22N2O.